The van der Waals surface area contributed by atoms with Gasteiger partial charge in [0.25, 0.3) is 5.91 Å². The van der Waals surface area contributed by atoms with Crippen molar-refractivity contribution in [1.29, 1.82) is 0 Å². The van der Waals surface area contributed by atoms with Gasteiger partial charge in [-0.15, -0.1) is 11.3 Å². The lowest BCUT2D eigenvalue weighted by atomic mass is 10.1. The van der Waals surface area contributed by atoms with Crippen LogP contribution in [0.25, 0.3) is 0 Å². The molecule has 0 fully saturated rings. The molecule has 1 aliphatic heterocycles. The zero-order valence-electron chi connectivity index (χ0n) is 13.6. The standard InChI is InChI=1S/C17H18ClN3O3S/c1-10(11-2-4-13(18)5-3-11)19-17(23)21-7-6-14-12(9-21)8-15(25-14)16(22)20-24/h2-5,8,10,24H,6-7,9H2,1H3,(H,19,23)(H,20,22)/t10-/m0/s1. The number of nitrogens with zero attached hydrogens (tertiary/aromatic N) is 1. The lowest BCUT2D eigenvalue weighted by Crippen LogP contribution is -2.43. The van der Waals surface area contributed by atoms with Crippen molar-refractivity contribution in [2.75, 3.05) is 6.54 Å². The summed E-state index contributed by atoms with van der Waals surface area (Å²) in [6.45, 7) is 2.96. The lowest BCUT2D eigenvalue weighted by molar-refractivity contribution is 0.0711. The maximum Gasteiger partial charge on any atom is 0.318 e. The average molecular weight is 380 g/mol. The molecule has 8 heteroatoms. The van der Waals surface area contributed by atoms with Gasteiger partial charge in [0.1, 0.15) is 0 Å². The number of thiophene rings is 1. The second-order valence-corrected chi connectivity index (χ2v) is 7.47. The summed E-state index contributed by atoms with van der Waals surface area (Å²) in [5.41, 5.74) is 3.57. The van der Waals surface area contributed by atoms with Gasteiger partial charge in [-0.3, -0.25) is 10.0 Å². The van der Waals surface area contributed by atoms with E-state index in [9.17, 15) is 9.59 Å². The van der Waals surface area contributed by atoms with E-state index < -0.39 is 5.91 Å². The number of hydrogen-bond donors (Lipinski definition) is 3. The normalized spacial score (nSPS) is 14.6. The Hall–Kier alpha value is -2.09. The Morgan fingerprint density at radius 1 is 1.32 bits per heavy atom. The molecule has 25 heavy (non-hydrogen) atoms. The average Bonchev–Trinajstić information content (AvgIpc) is 3.04. The largest absolute Gasteiger partial charge is 0.331 e. The molecule has 1 aliphatic rings. The van der Waals surface area contributed by atoms with Crippen LogP contribution >= 0.6 is 22.9 Å². The van der Waals surface area contributed by atoms with Crippen molar-refractivity contribution >= 4 is 34.9 Å². The topological polar surface area (TPSA) is 81.7 Å². The SMILES string of the molecule is C[C@H](NC(=O)N1CCc2sc(C(=O)NO)cc2C1)c1ccc(Cl)cc1. The van der Waals surface area contributed by atoms with Crippen LogP contribution in [0.4, 0.5) is 4.79 Å². The molecule has 2 aromatic rings. The minimum Gasteiger partial charge on any atom is -0.331 e. The van der Waals surface area contributed by atoms with Crippen molar-refractivity contribution < 1.29 is 14.8 Å². The van der Waals surface area contributed by atoms with Crippen LogP contribution in [0, 0.1) is 0 Å². The van der Waals surface area contributed by atoms with E-state index in [0.29, 0.717) is 29.4 Å². The predicted octanol–water partition coefficient (Wildman–Crippen LogP) is 3.35. The van der Waals surface area contributed by atoms with Gasteiger partial charge in [0.15, 0.2) is 0 Å². The van der Waals surface area contributed by atoms with Crippen LogP contribution in [0.2, 0.25) is 5.02 Å². The van der Waals surface area contributed by atoms with Gasteiger partial charge in [0.05, 0.1) is 10.9 Å². The van der Waals surface area contributed by atoms with E-state index in [-0.39, 0.29) is 12.1 Å². The fourth-order valence-corrected chi connectivity index (χ4v) is 3.96. The van der Waals surface area contributed by atoms with Crippen LogP contribution in [-0.2, 0) is 13.0 Å². The Labute approximate surface area is 154 Å². The minimum atomic E-state index is -0.522. The first-order chi connectivity index (χ1) is 12.0. The molecule has 132 valence electrons. The van der Waals surface area contributed by atoms with Gasteiger partial charge in [-0.05, 0) is 42.7 Å². The molecule has 0 saturated heterocycles. The predicted molar refractivity (Wildman–Crippen MR) is 96.1 cm³/mol. The summed E-state index contributed by atoms with van der Waals surface area (Å²) in [7, 11) is 0. The Bertz CT molecular complexity index is 791. The van der Waals surface area contributed by atoms with E-state index in [0.717, 1.165) is 16.0 Å². The van der Waals surface area contributed by atoms with Crippen LogP contribution in [0.1, 0.15) is 38.6 Å². The first-order valence-corrected chi connectivity index (χ1v) is 9.04. The fraction of sp³-hybridized carbons (Fsp3) is 0.294. The van der Waals surface area contributed by atoms with Crippen molar-refractivity contribution in [3.8, 4) is 0 Å². The maximum absolute atomic E-state index is 12.5. The number of carbonyl (C=O) groups excluding carboxylic acids is 2. The molecule has 3 N–H and O–H groups in total. The summed E-state index contributed by atoms with van der Waals surface area (Å²) in [6.07, 6.45) is 0.696. The molecule has 1 aromatic heterocycles. The van der Waals surface area contributed by atoms with Crippen LogP contribution < -0.4 is 10.8 Å². The van der Waals surface area contributed by atoms with Crippen LogP contribution in [0.5, 0.6) is 0 Å². The number of benzene rings is 1. The van der Waals surface area contributed by atoms with Crippen molar-refractivity contribution in [3.63, 3.8) is 0 Å². The highest BCUT2D eigenvalue weighted by atomic mass is 35.5. The molecular weight excluding hydrogens is 362 g/mol. The van der Waals surface area contributed by atoms with Crippen molar-refractivity contribution in [1.82, 2.24) is 15.7 Å². The van der Waals surface area contributed by atoms with Crippen molar-refractivity contribution in [3.05, 3.63) is 56.2 Å². The van der Waals surface area contributed by atoms with Gasteiger partial charge < -0.3 is 10.2 Å². The number of fused-ring (bicyclic) bond motifs is 1. The number of halogens is 1. The second-order valence-electron chi connectivity index (χ2n) is 5.89. The van der Waals surface area contributed by atoms with E-state index in [1.54, 1.807) is 28.6 Å². The number of rotatable bonds is 3. The van der Waals surface area contributed by atoms with Crippen molar-refractivity contribution in [2.45, 2.75) is 25.9 Å². The number of carbonyl (C=O) groups is 2. The van der Waals surface area contributed by atoms with Crippen LogP contribution in [-0.4, -0.2) is 28.6 Å². The molecular formula is C17H18ClN3O3S. The van der Waals surface area contributed by atoms with Gasteiger partial charge in [0, 0.05) is 23.0 Å². The summed E-state index contributed by atoms with van der Waals surface area (Å²) < 4.78 is 0. The Morgan fingerprint density at radius 2 is 2.04 bits per heavy atom. The highest BCUT2D eigenvalue weighted by Crippen LogP contribution is 2.28. The minimum absolute atomic E-state index is 0.135. The van der Waals surface area contributed by atoms with Gasteiger partial charge in [-0.2, -0.15) is 0 Å². The zero-order valence-corrected chi connectivity index (χ0v) is 15.2. The maximum atomic E-state index is 12.5. The third-order valence-corrected chi connectivity index (χ3v) is 5.68. The van der Waals surface area contributed by atoms with Gasteiger partial charge in [0.2, 0.25) is 0 Å². The highest BCUT2D eigenvalue weighted by Gasteiger charge is 2.25. The zero-order chi connectivity index (χ0) is 18.0. The Balaban J connectivity index is 1.65. The highest BCUT2D eigenvalue weighted by molar-refractivity contribution is 7.14. The number of hydrogen-bond acceptors (Lipinski definition) is 4. The smallest absolute Gasteiger partial charge is 0.318 e. The monoisotopic (exact) mass is 379 g/mol. The lowest BCUT2D eigenvalue weighted by Gasteiger charge is -2.28. The summed E-state index contributed by atoms with van der Waals surface area (Å²) >= 11 is 7.24. The Kier molecular flexibility index (Phi) is 5.27. The molecule has 0 spiro atoms. The van der Waals surface area contributed by atoms with Crippen LogP contribution in [0.3, 0.4) is 0 Å². The first-order valence-electron chi connectivity index (χ1n) is 7.85. The summed E-state index contributed by atoms with van der Waals surface area (Å²) in [6, 6.07) is 8.82. The van der Waals surface area contributed by atoms with Crippen molar-refractivity contribution in [2.24, 2.45) is 0 Å². The number of nitrogens with one attached hydrogen (secondary N) is 2. The quantitative estimate of drug-likeness (QED) is 0.565. The van der Waals surface area contributed by atoms with E-state index in [1.165, 1.54) is 11.3 Å². The third kappa shape index (κ3) is 3.95. The number of hydroxylamine groups is 1. The molecule has 0 bridgehead atoms. The molecule has 1 atom stereocenters. The molecule has 2 heterocycles. The molecule has 0 saturated carbocycles. The molecule has 1 aromatic carbocycles. The molecule has 0 unspecified atom stereocenters. The van der Waals surface area contributed by atoms with Gasteiger partial charge >= 0.3 is 6.03 Å². The third-order valence-electron chi connectivity index (χ3n) is 4.19. The first kappa shape index (κ1) is 17.7. The van der Waals surface area contributed by atoms with E-state index in [4.69, 9.17) is 16.8 Å². The van der Waals surface area contributed by atoms with Gasteiger partial charge in [-0.1, -0.05) is 23.7 Å². The molecule has 3 rings (SSSR count). The molecule has 3 amide bonds. The van der Waals surface area contributed by atoms with Gasteiger partial charge in [-0.25, -0.2) is 10.3 Å². The van der Waals surface area contributed by atoms with Crippen LogP contribution in [0.15, 0.2) is 30.3 Å². The summed E-state index contributed by atoms with van der Waals surface area (Å²) in [5, 5.41) is 12.4. The molecule has 6 nitrogen and oxygen atoms in total. The Morgan fingerprint density at radius 3 is 2.72 bits per heavy atom. The number of amides is 3. The molecule has 0 aliphatic carbocycles. The van der Waals surface area contributed by atoms with E-state index in [2.05, 4.69) is 5.32 Å². The summed E-state index contributed by atoms with van der Waals surface area (Å²) in [5.74, 6) is -0.522. The molecule has 0 radical (unpaired) electrons. The van der Waals surface area contributed by atoms with E-state index >= 15 is 0 Å². The second kappa shape index (κ2) is 7.43. The summed E-state index contributed by atoms with van der Waals surface area (Å²) in [4.78, 5) is 27.3. The fourth-order valence-electron chi connectivity index (χ4n) is 2.78. The number of urea groups is 1. The van der Waals surface area contributed by atoms with E-state index in [1.807, 2.05) is 19.1 Å².